The average molecular weight is 269 g/mol. The molecule has 0 heterocycles. The summed E-state index contributed by atoms with van der Waals surface area (Å²) in [6, 6.07) is 2.83. The molecule has 0 aliphatic carbocycles. The fourth-order valence-corrected chi connectivity index (χ4v) is 1.46. The van der Waals surface area contributed by atoms with E-state index in [1.165, 1.54) is 12.1 Å². The highest BCUT2D eigenvalue weighted by Gasteiger charge is 2.10. The highest BCUT2D eigenvalue weighted by Crippen LogP contribution is 2.33. The van der Waals surface area contributed by atoms with Crippen molar-refractivity contribution >= 4 is 40.8 Å². The van der Waals surface area contributed by atoms with Gasteiger partial charge in [-0.1, -0.05) is 34.8 Å². The number of nitrogens with one attached hydrogen (secondary N) is 1. The van der Waals surface area contributed by atoms with E-state index in [2.05, 4.69) is 5.32 Å². The fourth-order valence-electron chi connectivity index (χ4n) is 0.886. The average Bonchev–Trinajstić information content (AvgIpc) is 2.14. The predicted octanol–water partition coefficient (Wildman–Crippen LogP) is 2.77. The maximum Gasteiger partial charge on any atom is 0.325 e. The van der Waals surface area contributed by atoms with Crippen LogP contribution < -0.4 is 10.1 Å². The van der Waals surface area contributed by atoms with E-state index in [0.717, 1.165) is 0 Å². The molecule has 82 valence electrons. The van der Waals surface area contributed by atoms with Gasteiger partial charge in [0.15, 0.2) is 5.75 Å². The molecule has 0 unspecified atom stereocenters. The van der Waals surface area contributed by atoms with Gasteiger partial charge in [0.05, 0.1) is 21.6 Å². The Balaban J connectivity index is 2.86. The van der Waals surface area contributed by atoms with Gasteiger partial charge in [-0.25, -0.2) is 0 Å². The van der Waals surface area contributed by atoms with Gasteiger partial charge in [0.1, 0.15) is 0 Å². The highest BCUT2D eigenvalue weighted by atomic mass is 35.5. The van der Waals surface area contributed by atoms with Crippen molar-refractivity contribution in [1.29, 1.82) is 0 Å². The molecule has 0 amide bonds. The molecule has 1 aromatic carbocycles. The van der Waals surface area contributed by atoms with Gasteiger partial charge in [-0.2, -0.15) is 0 Å². The zero-order chi connectivity index (χ0) is 11.4. The van der Waals surface area contributed by atoms with Crippen molar-refractivity contribution in [3.05, 3.63) is 27.2 Å². The molecule has 0 spiro atoms. The third kappa shape index (κ3) is 3.54. The number of likely N-dealkylation sites (N-methyl/N-ethyl adjacent to an activating group) is 1. The zero-order valence-electron chi connectivity index (χ0n) is 7.81. The van der Waals surface area contributed by atoms with E-state index in [9.17, 15) is 4.79 Å². The molecular formula is C9H8Cl3NO2. The normalized spacial score (nSPS) is 10.1. The van der Waals surface area contributed by atoms with Crippen LogP contribution >= 0.6 is 34.8 Å². The van der Waals surface area contributed by atoms with Crippen LogP contribution in [0.15, 0.2) is 12.1 Å². The van der Waals surface area contributed by atoms with E-state index in [1.54, 1.807) is 7.05 Å². The maximum absolute atomic E-state index is 11.1. The van der Waals surface area contributed by atoms with Crippen LogP contribution in [0.1, 0.15) is 0 Å². The first-order chi connectivity index (χ1) is 7.04. The molecule has 6 heteroatoms. The zero-order valence-corrected chi connectivity index (χ0v) is 10.1. The van der Waals surface area contributed by atoms with Crippen LogP contribution in [0.4, 0.5) is 0 Å². The number of ether oxygens (including phenoxy) is 1. The van der Waals surface area contributed by atoms with E-state index in [1.807, 2.05) is 0 Å². The van der Waals surface area contributed by atoms with Crippen molar-refractivity contribution in [3.63, 3.8) is 0 Å². The van der Waals surface area contributed by atoms with Crippen molar-refractivity contribution in [3.8, 4) is 5.75 Å². The van der Waals surface area contributed by atoms with Gasteiger partial charge in [0.25, 0.3) is 0 Å². The minimum atomic E-state index is -0.446. The molecule has 0 aliphatic heterocycles. The van der Waals surface area contributed by atoms with Crippen LogP contribution in [0.25, 0.3) is 0 Å². The number of carbonyl (C=O) groups is 1. The van der Waals surface area contributed by atoms with Crippen LogP contribution in [0.3, 0.4) is 0 Å². The smallest absolute Gasteiger partial charge is 0.325 e. The highest BCUT2D eigenvalue weighted by molar-refractivity contribution is 6.43. The first kappa shape index (κ1) is 12.6. The summed E-state index contributed by atoms with van der Waals surface area (Å²) in [5, 5.41) is 3.50. The lowest BCUT2D eigenvalue weighted by Gasteiger charge is -2.07. The lowest BCUT2D eigenvalue weighted by atomic mass is 10.3. The fraction of sp³-hybridized carbons (Fsp3) is 0.222. The molecule has 0 aliphatic rings. The topological polar surface area (TPSA) is 38.3 Å². The van der Waals surface area contributed by atoms with Crippen molar-refractivity contribution in [2.24, 2.45) is 0 Å². The molecule has 0 atom stereocenters. The van der Waals surface area contributed by atoms with E-state index in [4.69, 9.17) is 39.5 Å². The van der Waals surface area contributed by atoms with Crippen LogP contribution in [-0.2, 0) is 4.79 Å². The Hall–Kier alpha value is -0.480. The van der Waals surface area contributed by atoms with Crippen molar-refractivity contribution < 1.29 is 9.53 Å². The van der Waals surface area contributed by atoms with Gasteiger partial charge < -0.3 is 10.1 Å². The van der Waals surface area contributed by atoms with E-state index in [-0.39, 0.29) is 22.3 Å². The molecule has 0 saturated heterocycles. The number of benzene rings is 1. The Morgan fingerprint density at radius 2 is 1.87 bits per heavy atom. The SMILES string of the molecule is CNCC(=O)Oc1cc(Cl)c(Cl)cc1Cl. The summed E-state index contributed by atoms with van der Waals surface area (Å²) in [7, 11) is 1.64. The first-order valence-corrected chi connectivity index (χ1v) is 5.18. The van der Waals surface area contributed by atoms with Crippen LogP contribution in [0.5, 0.6) is 5.75 Å². The van der Waals surface area contributed by atoms with Gasteiger partial charge in [0, 0.05) is 6.07 Å². The maximum atomic E-state index is 11.1. The summed E-state index contributed by atoms with van der Waals surface area (Å²) in [5.41, 5.74) is 0. The predicted molar refractivity (Wildman–Crippen MR) is 61.0 cm³/mol. The molecular weight excluding hydrogens is 260 g/mol. The van der Waals surface area contributed by atoms with E-state index in [0.29, 0.717) is 5.02 Å². The number of hydrogen-bond donors (Lipinski definition) is 1. The first-order valence-electron chi connectivity index (χ1n) is 4.04. The molecule has 1 rings (SSSR count). The lowest BCUT2D eigenvalue weighted by Crippen LogP contribution is -2.23. The second-order valence-electron chi connectivity index (χ2n) is 2.70. The Morgan fingerprint density at radius 3 is 2.47 bits per heavy atom. The molecule has 1 N–H and O–H groups in total. The molecule has 0 bridgehead atoms. The quantitative estimate of drug-likeness (QED) is 0.520. The van der Waals surface area contributed by atoms with Gasteiger partial charge in [-0.15, -0.1) is 0 Å². The van der Waals surface area contributed by atoms with Gasteiger partial charge >= 0.3 is 5.97 Å². The van der Waals surface area contributed by atoms with Crippen molar-refractivity contribution in [2.75, 3.05) is 13.6 Å². The summed E-state index contributed by atoms with van der Waals surface area (Å²) in [4.78, 5) is 11.1. The Bertz CT molecular complexity index is 382. The summed E-state index contributed by atoms with van der Waals surface area (Å²) in [6.45, 7) is 0.0938. The molecule has 0 fully saturated rings. The van der Waals surface area contributed by atoms with Crippen LogP contribution in [0, 0.1) is 0 Å². The minimum Gasteiger partial charge on any atom is -0.424 e. The second kappa shape index (κ2) is 5.56. The van der Waals surface area contributed by atoms with Gasteiger partial charge in [-0.3, -0.25) is 4.79 Å². The number of halogens is 3. The Kier molecular flexibility index (Phi) is 4.67. The molecule has 0 radical (unpaired) electrons. The second-order valence-corrected chi connectivity index (χ2v) is 3.92. The van der Waals surface area contributed by atoms with Crippen LogP contribution in [0.2, 0.25) is 15.1 Å². The van der Waals surface area contributed by atoms with Crippen molar-refractivity contribution in [2.45, 2.75) is 0 Å². The Morgan fingerprint density at radius 1 is 1.27 bits per heavy atom. The van der Waals surface area contributed by atoms with E-state index < -0.39 is 5.97 Å². The molecule has 15 heavy (non-hydrogen) atoms. The van der Waals surface area contributed by atoms with Crippen LogP contribution in [-0.4, -0.2) is 19.6 Å². The monoisotopic (exact) mass is 267 g/mol. The van der Waals surface area contributed by atoms with E-state index >= 15 is 0 Å². The third-order valence-electron chi connectivity index (χ3n) is 1.52. The number of carbonyl (C=O) groups excluding carboxylic acids is 1. The Labute approximate surface area is 102 Å². The lowest BCUT2D eigenvalue weighted by molar-refractivity contribution is -0.133. The number of rotatable bonds is 3. The standard InChI is InChI=1S/C9H8Cl3NO2/c1-13-4-9(14)15-8-3-6(11)5(10)2-7(8)12/h2-3,13H,4H2,1H3. The summed E-state index contributed by atoms with van der Waals surface area (Å²) < 4.78 is 4.94. The molecule has 3 nitrogen and oxygen atoms in total. The molecule has 1 aromatic rings. The van der Waals surface area contributed by atoms with Gasteiger partial charge in [0.2, 0.25) is 0 Å². The molecule has 0 aromatic heterocycles. The summed E-state index contributed by atoms with van der Waals surface area (Å²) >= 11 is 17.3. The third-order valence-corrected chi connectivity index (χ3v) is 2.54. The number of esters is 1. The van der Waals surface area contributed by atoms with Gasteiger partial charge in [-0.05, 0) is 13.1 Å². The van der Waals surface area contributed by atoms with Crippen molar-refractivity contribution in [1.82, 2.24) is 5.32 Å². The number of hydrogen-bond acceptors (Lipinski definition) is 3. The summed E-state index contributed by atoms with van der Waals surface area (Å²) in [6.07, 6.45) is 0. The minimum absolute atomic E-state index is 0.0938. The molecule has 0 saturated carbocycles. The summed E-state index contributed by atoms with van der Waals surface area (Å²) in [5.74, 6) is -0.246. The largest absolute Gasteiger partial charge is 0.424 e.